The molecule has 25 heavy (non-hydrogen) atoms. The molecule has 0 fully saturated rings. The number of pyridine rings is 1. The molecule has 0 aliphatic heterocycles. The number of nitrogens with zero attached hydrogens (tertiary/aromatic N) is 2. The lowest BCUT2D eigenvalue weighted by atomic mass is 10.2. The Bertz CT molecular complexity index is 671. The molecule has 0 aliphatic rings. The van der Waals surface area contributed by atoms with Gasteiger partial charge in [-0.05, 0) is 37.6 Å². The van der Waals surface area contributed by atoms with E-state index in [4.69, 9.17) is 9.47 Å². The molecule has 0 aliphatic carbocycles. The molecule has 1 aromatic carbocycles. The predicted molar refractivity (Wildman–Crippen MR) is 100 cm³/mol. The zero-order chi connectivity index (χ0) is 17.9. The lowest BCUT2D eigenvalue weighted by Gasteiger charge is -2.13. The number of ether oxygens (including phenoxy) is 2. The van der Waals surface area contributed by atoms with Crippen LogP contribution in [0.4, 0.5) is 0 Å². The molecule has 1 heterocycles. The smallest absolute Gasteiger partial charge is 0.213 e. The summed E-state index contributed by atoms with van der Waals surface area (Å²) in [6.07, 6.45) is 1.74. The summed E-state index contributed by atoms with van der Waals surface area (Å²) in [4.78, 5) is 8.37. The van der Waals surface area contributed by atoms with Crippen LogP contribution in [0.1, 0.15) is 18.1 Å². The second-order valence-electron chi connectivity index (χ2n) is 5.45. The fourth-order valence-electron chi connectivity index (χ4n) is 2.17. The SMILES string of the molecule is CCOc1cc(CNC(=NC)NCCOc2ccc(C)cc2)ccn1. The number of aryl methyl sites for hydroxylation is 1. The monoisotopic (exact) mass is 342 g/mol. The molecule has 6 heteroatoms. The third kappa shape index (κ3) is 6.71. The lowest BCUT2D eigenvalue weighted by Crippen LogP contribution is -2.38. The molecule has 0 saturated heterocycles. The van der Waals surface area contributed by atoms with Crippen LogP contribution in [0, 0.1) is 6.92 Å². The molecule has 134 valence electrons. The molecule has 0 spiro atoms. The summed E-state index contributed by atoms with van der Waals surface area (Å²) in [7, 11) is 1.74. The normalized spacial score (nSPS) is 11.1. The van der Waals surface area contributed by atoms with Gasteiger partial charge in [0.15, 0.2) is 5.96 Å². The number of nitrogens with one attached hydrogen (secondary N) is 2. The third-order valence-corrected chi connectivity index (χ3v) is 3.46. The van der Waals surface area contributed by atoms with E-state index < -0.39 is 0 Å². The van der Waals surface area contributed by atoms with Crippen molar-refractivity contribution >= 4 is 5.96 Å². The van der Waals surface area contributed by atoms with Crippen LogP contribution in [0.15, 0.2) is 47.6 Å². The highest BCUT2D eigenvalue weighted by molar-refractivity contribution is 5.79. The summed E-state index contributed by atoms with van der Waals surface area (Å²) in [5.41, 5.74) is 2.30. The Morgan fingerprint density at radius 1 is 1.12 bits per heavy atom. The maximum Gasteiger partial charge on any atom is 0.213 e. The molecule has 0 atom stereocenters. The van der Waals surface area contributed by atoms with Gasteiger partial charge < -0.3 is 20.1 Å². The van der Waals surface area contributed by atoms with Crippen LogP contribution in [-0.2, 0) is 6.54 Å². The highest BCUT2D eigenvalue weighted by atomic mass is 16.5. The molecule has 2 N–H and O–H groups in total. The number of hydrogen-bond donors (Lipinski definition) is 2. The summed E-state index contributed by atoms with van der Waals surface area (Å²) in [5.74, 6) is 2.23. The van der Waals surface area contributed by atoms with Gasteiger partial charge >= 0.3 is 0 Å². The topological polar surface area (TPSA) is 67.8 Å². The molecule has 0 bridgehead atoms. The average Bonchev–Trinajstić information content (AvgIpc) is 2.63. The van der Waals surface area contributed by atoms with Gasteiger partial charge in [0.25, 0.3) is 0 Å². The maximum absolute atomic E-state index is 5.69. The number of hydrogen-bond acceptors (Lipinski definition) is 4. The first-order valence-corrected chi connectivity index (χ1v) is 8.43. The molecule has 2 aromatic rings. The molecule has 2 rings (SSSR count). The quantitative estimate of drug-likeness (QED) is 0.438. The number of benzene rings is 1. The van der Waals surface area contributed by atoms with E-state index in [0.717, 1.165) is 17.3 Å². The number of guanidine groups is 1. The molecular formula is C19H26N4O2. The van der Waals surface area contributed by atoms with Gasteiger partial charge in [0, 0.05) is 25.9 Å². The van der Waals surface area contributed by atoms with E-state index in [-0.39, 0.29) is 0 Å². The molecule has 6 nitrogen and oxygen atoms in total. The van der Waals surface area contributed by atoms with E-state index >= 15 is 0 Å². The zero-order valence-electron chi connectivity index (χ0n) is 15.1. The van der Waals surface area contributed by atoms with Gasteiger partial charge in [-0.25, -0.2) is 4.98 Å². The zero-order valence-corrected chi connectivity index (χ0v) is 15.1. The Balaban J connectivity index is 1.71. The van der Waals surface area contributed by atoms with E-state index in [9.17, 15) is 0 Å². The molecule has 0 saturated carbocycles. The number of aromatic nitrogens is 1. The van der Waals surface area contributed by atoms with Crippen LogP contribution in [0.5, 0.6) is 11.6 Å². The van der Waals surface area contributed by atoms with Gasteiger partial charge in [-0.1, -0.05) is 17.7 Å². The Morgan fingerprint density at radius 3 is 2.64 bits per heavy atom. The minimum Gasteiger partial charge on any atom is -0.492 e. The Morgan fingerprint density at radius 2 is 1.92 bits per heavy atom. The van der Waals surface area contributed by atoms with Crippen LogP contribution < -0.4 is 20.1 Å². The third-order valence-electron chi connectivity index (χ3n) is 3.46. The second-order valence-corrected chi connectivity index (χ2v) is 5.45. The van der Waals surface area contributed by atoms with Gasteiger partial charge in [-0.3, -0.25) is 4.99 Å². The Labute approximate surface area is 149 Å². The van der Waals surface area contributed by atoms with Crippen LogP contribution >= 0.6 is 0 Å². The summed E-state index contributed by atoms with van der Waals surface area (Å²) in [5, 5.41) is 6.49. The molecule has 0 unspecified atom stereocenters. The van der Waals surface area contributed by atoms with E-state index in [2.05, 4.69) is 27.5 Å². The molecule has 0 amide bonds. The van der Waals surface area contributed by atoms with Crippen LogP contribution in [0.2, 0.25) is 0 Å². The van der Waals surface area contributed by atoms with Gasteiger partial charge in [0.05, 0.1) is 13.2 Å². The second kappa shape index (κ2) is 10.2. The first-order valence-electron chi connectivity index (χ1n) is 8.43. The largest absolute Gasteiger partial charge is 0.492 e. The predicted octanol–water partition coefficient (Wildman–Crippen LogP) is 2.53. The van der Waals surface area contributed by atoms with Crippen molar-refractivity contribution in [2.24, 2.45) is 4.99 Å². The van der Waals surface area contributed by atoms with Gasteiger partial charge in [-0.2, -0.15) is 0 Å². The number of aliphatic imine (C=N–C) groups is 1. The van der Waals surface area contributed by atoms with Gasteiger partial charge in [-0.15, -0.1) is 0 Å². The van der Waals surface area contributed by atoms with E-state index in [1.165, 1.54) is 5.56 Å². The van der Waals surface area contributed by atoms with E-state index in [1.54, 1.807) is 13.2 Å². The molecule has 0 radical (unpaired) electrons. The summed E-state index contributed by atoms with van der Waals surface area (Å²) >= 11 is 0. The maximum atomic E-state index is 5.69. The summed E-state index contributed by atoms with van der Waals surface area (Å²) in [6, 6.07) is 11.9. The highest BCUT2D eigenvalue weighted by Gasteiger charge is 2.01. The fraction of sp³-hybridized carbons (Fsp3) is 0.368. The van der Waals surface area contributed by atoms with Crippen molar-refractivity contribution in [3.05, 3.63) is 53.7 Å². The van der Waals surface area contributed by atoms with Gasteiger partial charge in [0.2, 0.25) is 5.88 Å². The highest BCUT2D eigenvalue weighted by Crippen LogP contribution is 2.11. The molecule has 1 aromatic heterocycles. The Hall–Kier alpha value is -2.76. The fourth-order valence-corrected chi connectivity index (χ4v) is 2.17. The van der Waals surface area contributed by atoms with Gasteiger partial charge in [0.1, 0.15) is 12.4 Å². The van der Waals surface area contributed by atoms with Crippen molar-refractivity contribution in [3.63, 3.8) is 0 Å². The summed E-state index contributed by atoms with van der Waals surface area (Å²) < 4.78 is 11.1. The number of rotatable bonds is 8. The minimum atomic E-state index is 0.563. The first-order chi connectivity index (χ1) is 12.2. The van der Waals surface area contributed by atoms with Crippen molar-refractivity contribution in [3.8, 4) is 11.6 Å². The van der Waals surface area contributed by atoms with Crippen molar-refractivity contribution < 1.29 is 9.47 Å². The average molecular weight is 342 g/mol. The van der Waals surface area contributed by atoms with Crippen LogP contribution in [-0.4, -0.2) is 37.7 Å². The van der Waals surface area contributed by atoms with Crippen LogP contribution in [0.25, 0.3) is 0 Å². The van der Waals surface area contributed by atoms with E-state index in [1.807, 2.05) is 43.3 Å². The van der Waals surface area contributed by atoms with E-state index in [0.29, 0.717) is 32.2 Å². The molecular weight excluding hydrogens is 316 g/mol. The van der Waals surface area contributed by atoms with Crippen molar-refractivity contribution in [1.29, 1.82) is 0 Å². The van der Waals surface area contributed by atoms with Crippen molar-refractivity contribution in [2.75, 3.05) is 26.8 Å². The lowest BCUT2D eigenvalue weighted by molar-refractivity contribution is 0.322. The van der Waals surface area contributed by atoms with Crippen LogP contribution in [0.3, 0.4) is 0 Å². The Kier molecular flexibility index (Phi) is 7.56. The minimum absolute atomic E-state index is 0.563. The summed E-state index contributed by atoms with van der Waals surface area (Å²) in [6.45, 7) is 6.47. The van der Waals surface area contributed by atoms with Crippen molar-refractivity contribution in [1.82, 2.24) is 15.6 Å². The van der Waals surface area contributed by atoms with Crippen molar-refractivity contribution in [2.45, 2.75) is 20.4 Å². The standard InChI is InChI=1S/C19H26N4O2/c1-4-24-18-13-16(9-10-21-18)14-23-19(20-3)22-11-12-25-17-7-5-15(2)6-8-17/h5-10,13H,4,11-12,14H2,1-3H3,(H2,20,22,23). The first kappa shape index (κ1) is 18.6.